The van der Waals surface area contributed by atoms with E-state index in [1.807, 2.05) is 17.9 Å². The smallest absolute Gasteiger partial charge is 0.241 e. The Hall–Kier alpha value is -2.39. The van der Waals surface area contributed by atoms with Crippen LogP contribution in [0.3, 0.4) is 0 Å². The number of nitriles is 1. The molecule has 0 spiro atoms. The average Bonchev–Trinajstić information content (AvgIpc) is 2.54. The number of nitrogens with two attached hydrogens (primary N) is 1. The molecule has 1 heterocycles. The molecule has 1 aliphatic rings. The zero-order chi connectivity index (χ0) is 16.1. The van der Waals surface area contributed by atoms with Crippen LogP contribution in [-0.2, 0) is 9.59 Å². The number of nitrogens with one attached hydrogen (secondary N) is 1. The number of piperidine rings is 1. The largest absolute Gasteiger partial charge is 0.369 e. The van der Waals surface area contributed by atoms with Crippen molar-refractivity contribution in [1.29, 1.82) is 5.26 Å². The summed E-state index contributed by atoms with van der Waals surface area (Å²) in [6.07, 6.45) is 1.64. The number of hydrogen-bond acceptors (Lipinski definition) is 4. The van der Waals surface area contributed by atoms with E-state index in [-0.39, 0.29) is 23.8 Å². The Kier molecular flexibility index (Phi) is 5.12. The maximum absolute atomic E-state index is 12.3. The first kappa shape index (κ1) is 16.0. The monoisotopic (exact) mass is 300 g/mol. The van der Waals surface area contributed by atoms with Crippen molar-refractivity contribution < 1.29 is 9.59 Å². The average molecular weight is 300 g/mol. The van der Waals surface area contributed by atoms with Gasteiger partial charge in [0, 0.05) is 12.2 Å². The van der Waals surface area contributed by atoms with Crippen molar-refractivity contribution in [3.05, 3.63) is 29.8 Å². The fourth-order valence-corrected chi connectivity index (χ4v) is 2.67. The van der Waals surface area contributed by atoms with Gasteiger partial charge in [0.05, 0.1) is 23.6 Å². The number of carbonyl (C=O) groups is 2. The zero-order valence-corrected chi connectivity index (χ0v) is 12.6. The van der Waals surface area contributed by atoms with Crippen LogP contribution in [0.5, 0.6) is 0 Å². The molecule has 2 rings (SSSR count). The Balaban J connectivity index is 1.99. The van der Waals surface area contributed by atoms with Crippen molar-refractivity contribution in [3.63, 3.8) is 0 Å². The maximum Gasteiger partial charge on any atom is 0.241 e. The highest BCUT2D eigenvalue weighted by Gasteiger charge is 2.29. The SMILES string of the molecule is CC(C(=O)Nc1cccc(C#N)c1)N1CCCC(C(N)=O)C1. The second kappa shape index (κ2) is 7.05. The van der Waals surface area contributed by atoms with Crippen LogP contribution in [0.2, 0.25) is 0 Å². The number of anilines is 1. The van der Waals surface area contributed by atoms with Gasteiger partial charge < -0.3 is 11.1 Å². The van der Waals surface area contributed by atoms with Gasteiger partial charge in [-0.3, -0.25) is 14.5 Å². The van der Waals surface area contributed by atoms with E-state index < -0.39 is 0 Å². The van der Waals surface area contributed by atoms with Gasteiger partial charge in [0.15, 0.2) is 0 Å². The molecule has 6 nitrogen and oxygen atoms in total. The van der Waals surface area contributed by atoms with E-state index in [1.165, 1.54) is 0 Å². The van der Waals surface area contributed by atoms with Crippen molar-refractivity contribution in [2.24, 2.45) is 11.7 Å². The Morgan fingerprint density at radius 1 is 1.50 bits per heavy atom. The molecule has 2 amide bonds. The third-order valence-electron chi connectivity index (χ3n) is 4.04. The highest BCUT2D eigenvalue weighted by Crippen LogP contribution is 2.19. The normalized spacial score (nSPS) is 19.9. The van der Waals surface area contributed by atoms with Gasteiger partial charge in [0.25, 0.3) is 0 Å². The lowest BCUT2D eigenvalue weighted by molar-refractivity contribution is -0.127. The van der Waals surface area contributed by atoms with E-state index >= 15 is 0 Å². The molecule has 6 heteroatoms. The van der Waals surface area contributed by atoms with Crippen LogP contribution in [0.15, 0.2) is 24.3 Å². The molecule has 0 radical (unpaired) electrons. The van der Waals surface area contributed by atoms with E-state index in [0.29, 0.717) is 17.8 Å². The van der Waals surface area contributed by atoms with Gasteiger partial charge in [0.2, 0.25) is 11.8 Å². The number of likely N-dealkylation sites (tertiary alicyclic amines) is 1. The van der Waals surface area contributed by atoms with E-state index in [9.17, 15) is 9.59 Å². The molecule has 1 aromatic carbocycles. The number of primary amides is 1. The van der Waals surface area contributed by atoms with E-state index in [1.54, 1.807) is 24.3 Å². The van der Waals surface area contributed by atoms with E-state index in [2.05, 4.69) is 5.32 Å². The van der Waals surface area contributed by atoms with Gasteiger partial charge in [-0.1, -0.05) is 6.07 Å². The summed E-state index contributed by atoms with van der Waals surface area (Å²) >= 11 is 0. The quantitative estimate of drug-likeness (QED) is 0.869. The molecule has 116 valence electrons. The molecule has 0 bridgehead atoms. The second-order valence-corrected chi connectivity index (χ2v) is 5.59. The van der Waals surface area contributed by atoms with Gasteiger partial charge in [-0.05, 0) is 44.5 Å². The lowest BCUT2D eigenvalue weighted by Gasteiger charge is -2.34. The van der Waals surface area contributed by atoms with Crippen molar-refractivity contribution in [2.75, 3.05) is 18.4 Å². The molecular formula is C16H20N4O2. The molecule has 2 atom stereocenters. The summed E-state index contributed by atoms with van der Waals surface area (Å²) in [7, 11) is 0. The number of hydrogen-bond donors (Lipinski definition) is 2. The third kappa shape index (κ3) is 3.83. The first-order chi connectivity index (χ1) is 10.5. The minimum absolute atomic E-state index is 0.153. The predicted octanol–water partition coefficient (Wildman–Crippen LogP) is 1.08. The van der Waals surface area contributed by atoms with Crippen LogP contribution in [-0.4, -0.2) is 35.8 Å². The summed E-state index contributed by atoms with van der Waals surface area (Å²) in [6, 6.07) is 8.47. The van der Waals surface area contributed by atoms with Crippen LogP contribution >= 0.6 is 0 Å². The summed E-state index contributed by atoms with van der Waals surface area (Å²) in [5.41, 5.74) is 6.46. The fraction of sp³-hybridized carbons (Fsp3) is 0.438. The minimum atomic E-state index is -0.354. The van der Waals surface area contributed by atoms with Crippen molar-refractivity contribution in [1.82, 2.24) is 4.90 Å². The first-order valence-corrected chi connectivity index (χ1v) is 7.35. The Bertz CT molecular complexity index is 608. The number of amides is 2. The number of nitrogens with zero attached hydrogens (tertiary/aromatic N) is 2. The molecule has 1 saturated heterocycles. The molecule has 2 unspecified atom stereocenters. The summed E-state index contributed by atoms with van der Waals surface area (Å²) in [4.78, 5) is 25.6. The fourth-order valence-electron chi connectivity index (χ4n) is 2.67. The van der Waals surface area contributed by atoms with Gasteiger partial charge >= 0.3 is 0 Å². The molecule has 1 aliphatic heterocycles. The second-order valence-electron chi connectivity index (χ2n) is 5.59. The number of carbonyl (C=O) groups excluding carboxylic acids is 2. The van der Waals surface area contributed by atoms with Crippen LogP contribution in [0.4, 0.5) is 5.69 Å². The van der Waals surface area contributed by atoms with Crippen LogP contribution < -0.4 is 11.1 Å². The molecule has 3 N–H and O–H groups in total. The summed E-state index contributed by atoms with van der Waals surface area (Å²) in [5.74, 6) is -0.648. The molecule has 22 heavy (non-hydrogen) atoms. The molecule has 1 aromatic rings. The van der Waals surface area contributed by atoms with Gasteiger partial charge in [0.1, 0.15) is 0 Å². The topological polar surface area (TPSA) is 99.2 Å². The van der Waals surface area contributed by atoms with Crippen LogP contribution in [0.1, 0.15) is 25.3 Å². The Morgan fingerprint density at radius 2 is 2.27 bits per heavy atom. The van der Waals surface area contributed by atoms with Crippen LogP contribution in [0, 0.1) is 17.2 Å². The number of benzene rings is 1. The summed E-state index contributed by atoms with van der Waals surface area (Å²) in [5, 5.41) is 11.7. The highest BCUT2D eigenvalue weighted by atomic mass is 16.2. The van der Waals surface area contributed by atoms with Gasteiger partial charge in [-0.15, -0.1) is 0 Å². The zero-order valence-electron chi connectivity index (χ0n) is 12.6. The van der Waals surface area contributed by atoms with E-state index in [0.717, 1.165) is 19.4 Å². The molecule has 1 fully saturated rings. The summed E-state index contributed by atoms with van der Waals surface area (Å²) < 4.78 is 0. The van der Waals surface area contributed by atoms with Crippen molar-refractivity contribution in [3.8, 4) is 6.07 Å². The van der Waals surface area contributed by atoms with E-state index in [4.69, 9.17) is 11.0 Å². The maximum atomic E-state index is 12.3. The highest BCUT2D eigenvalue weighted by molar-refractivity contribution is 5.94. The van der Waals surface area contributed by atoms with Crippen molar-refractivity contribution in [2.45, 2.75) is 25.8 Å². The molecule has 0 aliphatic carbocycles. The molecule has 0 saturated carbocycles. The van der Waals surface area contributed by atoms with Crippen molar-refractivity contribution >= 4 is 17.5 Å². The predicted molar refractivity (Wildman–Crippen MR) is 82.7 cm³/mol. The van der Waals surface area contributed by atoms with Crippen LogP contribution in [0.25, 0.3) is 0 Å². The molecule has 0 aromatic heterocycles. The lowest BCUT2D eigenvalue weighted by atomic mass is 9.96. The standard InChI is InChI=1S/C16H20N4O2/c1-11(20-7-3-5-13(10-20)15(18)21)16(22)19-14-6-2-4-12(8-14)9-17/h2,4,6,8,11,13H,3,5,7,10H2,1H3,(H2,18,21)(H,19,22). The lowest BCUT2D eigenvalue weighted by Crippen LogP contribution is -2.49. The summed E-state index contributed by atoms with van der Waals surface area (Å²) in [6.45, 7) is 3.10. The van der Waals surface area contributed by atoms with Gasteiger partial charge in [-0.2, -0.15) is 5.26 Å². The Morgan fingerprint density at radius 3 is 2.95 bits per heavy atom. The minimum Gasteiger partial charge on any atom is -0.369 e. The first-order valence-electron chi connectivity index (χ1n) is 7.35. The Labute approximate surface area is 129 Å². The van der Waals surface area contributed by atoms with Gasteiger partial charge in [-0.25, -0.2) is 0 Å². The molecular weight excluding hydrogens is 280 g/mol. The number of rotatable bonds is 4. The third-order valence-corrected chi connectivity index (χ3v) is 4.04.